The van der Waals surface area contributed by atoms with Gasteiger partial charge in [-0.25, -0.2) is 0 Å². The van der Waals surface area contributed by atoms with Crippen molar-refractivity contribution in [2.45, 2.75) is 39.7 Å². The Balaban J connectivity index is 1.65. The number of carbonyl (C=O) groups excluding carboxylic acids is 2. The molecule has 0 saturated carbocycles. The molecule has 0 radical (unpaired) electrons. The van der Waals surface area contributed by atoms with Gasteiger partial charge in [-0.3, -0.25) is 14.0 Å². The molecule has 0 spiro atoms. The van der Waals surface area contributed by atoms with Gasteiger partial charge in [0.2, 0.25) is 5.91 Å². The highest BCUT2D eigenvalue weighted by Crippen LogP contribution is 2.21. The summed E-state index contributed by atoms with van der Waals surface area (Å²) in [4.78, 5) is 24.7. The van der Waals surface area contributed by atoms with Crippen molar-refractivity contribution < 1.29 is 9.59 Å². The number of fused-ring (bicyclic) bond motifs is 1. The van der Waals surface area contributed by atoms with Gasteiger partial charge < -0.3 is 5.32 Å². The van der Waals surface area contributed by atoms with Gasteiger partial charge in [-0.1, -0.05) is 49.7 Å². The molecular formula is C21H24N4O2. The normalized spacial score (nSPS) is 12.3. The molecule has 0 unspecified atom stereocenters. The minimum atomic E-state index is -0.274. The molecule has 1 atom stereocenters. The largest absolute Gasteiger partial charge is 0.346 e. The minimum absolute atomic E-state index is 0.0285. The first kappa shape index (κ1) is 18.8. The summed E-state index contributed by atoms with van der Waals surface area (Å²) >= 11 is 0. The van der Waals surface area contributed by atoms with E-state index in [1.54, 1.807) is 12.1 Å². The first-order chi connectivity index (χ1) is 13.0. The number of aromatic nitrogens is 3. The predicted octanol–water partition coefficient (Wildman–Crippen LogP) is 3.51. The fraction of sp³-hybridized carbons (Fsp3) is 0.333. The van der Waals surface area contributed by atoms with E-state index in [1.807, 2.05) is 61.7 Å². The number of nitrogens with one attached hydrogen (secondary N) is 1. The number of hydrogen-bond acceptors (Lipinski definition) is 4. The Labute approximate surface area is 158 Å². The van der Waals surface area contributed by atoms with Gasteiger partial charge >= 0.3 is 0 Å². The average molecular weight is 364 g/mol. The van der Waals surface area contributed by atoms with Crippen molar-refractivity contribution in [3.8, 4) is 0 Å². The zero-order valence-corrected chi connectivity index (χ0v) is 15.8. The second-order valence-corrected chi connectivity index (χ2v) is 7.07. The summed E-state index contributed by atoms with van der Waals surface area (Å²) in [5.41, 5.74) is 2.48. The molecule has 140 valence electrons. The predicted molar refractivity (Wildman–Crippen MR) is 103 cm³/mol. The van der Waals surface area contributed by atoms with Gasteiger partial charge in [0.05, 0.1) is 6.04 Å². The Morgan fingerprint density at radius 1 is 1.04 bits per heavy atom. The van der Waals surface area contributed by atoms with Crippen molar-refractivity contribution in [3.63, 3.8) is 0 Å². The molecule has 27 heavy (non-hydrogen) atoms. The van der Waals surface area contributed by atoms with Crippen molar-refractivity contribution in [2.75, 3.05) is 0 Å². The summed E-state index contributed by atoms with van der Waals surface area (Å²) < 4.78 is 1.88. The summed E-state index contributed by atoms with van der Waals surface area (Å²) in [6, 6.07) is 12.8. The third-order valence-corrected chi connectivity index (χ3v) is 4.55. The standard InChI is InChI=1S/C21H24N4O2/c1-14(2)20(21-24-23-18-6-4-5-13-25(18)21)22-19(27)12-11-17(26)16-9-7-15(3)8-10-16/h4-10,13-14,20H,11-12H2,1-3H3,(H,22,27)/t20-/m0/s1. The molecule has 0 fully saturated rings. The average Bonchev–Trinajstić information content (AvgIpc) is 3.08. The second kappa shape index (κ2) is 8.12. The molecule has 3 aromatic rings. The molecule has 6 nitrogen and oxygen atoms in total. The van der Waals surface area contributed by atoms with Crippen LogP contribution in [-0.2, 0) is 4.79 Å². The van der Waals surface area contributed by atoms with Crippen molar-refractivity contribution in [2.24, 2.45) is 5.92 Å². The molecule has 0 aliphatic heterocycles. The first-order valence-electron chi connectivity index (χ1n) is 9.14. The fourth-order valence-corrected chi connectivity index (χ4v) is 2.96. The van der Waals surface area contributed by atoms with Crippen LogP contribution in [0.4, 0.5) is 0 Å². The molecule has 0 saturated heterocycles. The van der Waals surface area contributed by atoms with Crippen LogP contribution in [0.1, 0.15) is 54.5 Å². The summed E-state index contributed by atoms with van der Waals surface area (Å²) in [7, 11) is 0. The number of nitrogens with zero attached hydrogens (tertiary/aromatic N) is 3. The van der Waals surface area contributed by atoms with E-state index in [0.717, 1.165) is 11.2 Å². The topological polar surface area (TPSA) is 76.4 Å². The van der Waals surface area contributed by atoms with E-state index in [0.29, 0.717) is 11.4 Å². The Bertz CT molecular complexity index is 944. The van der Waals surface area contributed by atoms with E-state index in [4.69, 9.17) is 0 Å². The Morgan fingerprint density at radius 3 is 2.48 bits per heavy atom. The highest BCUT2D eigenvalue weighted by atomic mass is 16.2. The molecule has 3 rings (SSSR count). The second-order valence-electron chi connectivity index (χ2n) is 7.07. The van der Waals surface area contributed by atoms with Crippen LogP contribution in [0, 0.1) is 12.8 Å². The van der Waals surface area contributed by atoms with Crippen LogP contribution in [0.5, 0.6) is 0 Å². The number of amides is 1. The van der Waals surface area contributed by atoms with Crippen LogP contribution < -0.4 is 5.32 Å². The van der Waals surface area contributed by atoms with E-state index < -0.39 is 0 Å². The van der Waals surface area contributed by atoms with Gasteiger partial charge in [0.1, 0.15) is 0 Å². The number of hydrogen-bond donors (Lipinski definition) is 1. The van der Waals surface area contributed by atoms with Crippen molar-refractivity contribution in [1.82, 2.24) is 19.9 Å². The maximum atomic E-state index is 12.5. The molecule has 0 bridgehead atoms. The number of carbonyl (C=O) groups is 2. The smallest absolute Gasteiger partial charge is 0.221 e. The van der Waals surface area contributed by atoms with E-state index in [9.17, 15) is 9.59 Å². The summed E-state index contributed by atoms with van der Waals surface area (Å²) in [5.74, 6) is 0.634. The lowest BCUT2D eigenvalue weighted by molar-refractivity contribution is -0.122. The molecule has 1 amide bonds. The minimum Gasteiger partial charge on any atom is -0.346 e. The number of rotatable bonds is 7. The zero-order valence-electron chi connectivity index (χ0n) is 15.8. The number of benzene rings is 1. The SMILES string of the molecule is Cc1ccc(C(=O)CCC(=O)N[C@H](c2nnc3ccccn23)C(C)C)cc1. The van der Waals surface area contributed by atoms with Crippen LogP contribution in [0.2, 0.25) is 0 Å². The zero-order chi connectivity index (χ0) is 19.4. The molecule has 1 aromatic carbocycles. The van der Waals surface area contributed by atoms with E-state index >= 15 is 0 Å². The Morgan fingerprint density at radius 2 is 1.78 bits per heavy atom. The monoisotopic (exact) mass is 364 g/mol. The molecule has 2 heterocycles. The summed E-state index contributed by atoms with van der Waals surface area (Å²) in [5, 5.41) is 11.4. The summed E-state index contributed by atoms with van der Waals surface area (Å²) in [6.45, 7) is 6.01. The number of pyridine rings is 1. The lowest BCUT2D eigenvalue weighted by Crippen LogP contribution is -2.33. The van der Waals surface area contributed by atoms with Crippen LogP contribution in [0.15, 0.2) is 48.7 Å². The summed E-state index contributed by atoms with van der Waals surface area (Å²) in [6.07, 6.45) is 2.21. The Hall–Kier alpha value is -3.02. The lowest BCUT2D eigenvalue weighted by atomic mass is 10.0. The van der Waals surface area contributed by atoms with Crippen LogP contribution >= 0.6 is 0 Å². The quantitative estimate of drug-likeness (QED) is 0.651. The highest BCUT2D eigenvalue weighted by Gasteiger charge is 2.23. The molecule has 1 N–H and O–H groups in total. The molecule has 0 aliphatic carbocycles. The van der Waals surface area contributed by atoms with Gasteiger partial charge in [0, 0.05) is 24.6 Å². The lowest BCUT2D eigenvalue weighted by Gasteiger charge is -2.20. The Kier molecular flexibility index (Phi) is 5.64. The molecule has 2 aromatic heterocycles. The molecular weight excluding hydrogens is 340 g/mol. The van der Waals surface area contributed by atoms with Crippen molar-refractivity contribution in [3.05, 3.63) is 65.6 Å². The van der Waals surface area contributed by atoms with E-state index in [1.165, 1.54) is 0 Å². The number of aryl methyl sites for hydroxylation is 1. The third-order valence-electron chi connectivity index (χ3n) is 4.55. The van der Waals surface area contributed by atoms with Gasteiger partial charge in [-0.2, -0.15) is 0 Å². The van der Waals surface area contributed by atoms with Crippen molar-refractivity contribution >= 4 is 17.3 Å². The fourth-order valence-electron chi connectivity index (χ4n) is 2.96. The van der Waals surface area contributed by atoms with Gasteiger partial charge in [-0.05, 0) is 25.0 Å². The van der Waals surface area contributed by atoms with Gasteiger partial charge in [0.25, 0.3) is 0 Å². The van der Waals surface area contributed by atoms with Crippen LogP contribution in [0.25, 0.3) is 5.65 Å². The number of ketones is 1. The van der Waals surface area contributed by atoms with Gasteiger partial charge in [-0.15, -0.1) is 10.2 Å². The van der Waals surface area contributed by atoms with Gasteiger partial charge in [0.15, 0.2) is 17.3 Å². The molecule has 0 aliphatic rings. The first-order valence-corrected chi connectivity index (χ1v) is 9.14. The molecule has 6 heteroatoms. The number of Topliss-reactive ketones (excluding diaryl/α,β-unsaturated/α-hetero) is 1. The van der Waals surface area contributed by atoms with E-state index in [2.05, 4.69) is 15.5 Å². The van der Waals surface area contributed by atoms with Crippen LogP contribution in [-0.4, -0.2) is 26.3 Å². The third kappa shape index (κ3) is 4.39. The van der Waals surface area contributed by atoms with E-state index in [-0.39, 0.29) is 36.5 Å². The van der Waals surface area contributed by atoms with Crippen LogP contribution in [0.3, 0.4) is 0 Å². The highest BCUT2D eigenvalue weighted by molar-refractivity contribution is 5.98. The maximum Gasteiger partial charge on any atom is 0.221 e. The van der Waals surface area contributed by atoms with Crippen molar-refractivity contribution in [1.29, 1.82) is 0 Å². The maximum absolute atomic E-state index is 12.5.